The summed E-state index contributed by atoms with van der Waals surface area (Å²) in [5, 5.41) is 14.4. The molecule has 1 atom stereocenters. The number of carbonyl (C=O) groups is 1. The first-order valence-electron chi connectivity index (χ1n) is 9.27. The van der Waals surface area contributed by atoms with Crippen LogP contribution < -0.4 is 0 Å². The zero-order valence-electron chi connectivity index (χ0n) is 16.2. The molecule has 0 radical (unpaired) electrons. The molecule has 0 unspecified atom stereocenters. The molecule has 0 spiro atoms. The van der Waals surface area contributed by atoms with Crippen LogP contribution in [0.15, 0.2) is 48.5 Å². The van der Waals surface area contributed by atoms with E-state index < -0.39 is 5.97 Å². The maximum atomic E-state index is 11.6. The SMILES string of the molecule is Cc1cc(C(=O)O)cc2c1-c1cc(-c3ccccc3)nn1C[C@H]2C(C)(C)C. The molecule has 1 aliphatic heterocycles. The summed E-state index contributed by atoms with van der Waals surface area (Å²) in [6.07, 6.45) is 0. The fourth-order valence-electron chi connectivity index (χ4n) is 4.08. The Morgan fingerprint density at radius 3 is 2.48 bits per heavy atom. The van der Waals surface area contributed by atoms with Crippen LogP contribution >= 0.6 is 0 Å². The van der Waals surface area contributed by atoms with Crippen molar-refractivity contribution in [3.8, 4) is 22.5 Å². The standard InChI is InChI=1S/C23H24N2O2/c1-14-10-16(22(26)27)11-17-18(23(2,3)4)13-25-20(21(14)17)12-19(24-25)15-8-6-5-7-9-15/h5-12,18H,13H2,1-4H3,(H,26,27)/t18-/m1/s1. The second kappa shape index (κ2) is 6.08. The number of aromatic nitrogens is 2. The third-order valence-electron chi connectivity index (χ3n) is 5.49. The molecule has 4 nitrogen and oxygen atoms in total. The van der Waals surface area contributed by atoms with Gasteiger partial charge >= 0.3 is 5.97 Å². The first-order chi connectivity index (χ1) is 12.8. The Labute approximate surface area is 159 Å². The van der Waals surface area contributed by atoms with Gasteiger partial charge in [-0.15, -0.1) is 0 Å². The highest BCUT2D eigenvalue weighted by Crippen LogP contribution is 2.47. The minimum absolute atomic E-state index is 0.00509. The molecule has 27 heavy (non-hydrogen) atoms. The van der Waals surface area contributed by atoms with Gasteiger partial charge in [0.1, 0.15) is 0 Å². The molecule has 4 rings (SSSR count). The van der Waals surface area contributed by atoms with Crippen molar-refractivity contribution in [2.24, 2.45) is 5.41 Å². The smallest absolute Gasteiger partial charge is 0.335 e. The molecule has 2 heterocycles. The van der Waals surface area contributed by atoms with Gasteiger partial charge in [0.05, 0.1) is 17.0 Å². The fraction of sp³-hybridized carbons (Fsp3) is 0.304. The molecular formula is C23H24N2O2. The van der Waals surface area contributed by atoms with Crippen molar-refractivity contribution in [2.75, 3.05) is 0 Å². The lowest BCUT2D eigenvalue weighted by Crippen LogP contribution is -2.28. The van der Waals surface area contributed by atoms with Crippen LogP contribution in [0.25, 0.3) is 22.5 Å². The Kier molecular flexibility index (Phi) is 3.95. The van der Waals surface area contributed by atoms with Crippen LogP contribution in [0.3, 0.4) is 0 Å². The number of rotatable bonds is 2. The summed E-state index contributed by atoms with van der Waals surface area (Å²) in [5.41, 5.74) is 6.69. The van der Waals surface area contributed by atoms with E-state index in [0.717, 1.165) is 40.2 Å². The second-order valence-corrected chi connectivity index (χ2v) is 8.44. The molecule has 1 aliphatic rings. The minimum Gasteiger partial charge on any atom is -0.478 e. The number of benzene rings is 2. The molecule has 1 aromatic heterocycles. The van der Waals surface area contributed by atoms with Crippen molar-refractivity contribution in [3.63, 3.8) is 0 Å². The summed E-state index contributed by atoms with van der Waals surface area (Å²) in [7, 11) is 0. The van der Waals surface area contributed by atoms with Gasteiger partial charge in [0.2, 0.25) is 0 Å². The van der Waals surface area contributed by atoms with E-state index in [1.807, 2.05) is 31.2 Å². The Bertz CT molecular complexity index is 1030. The molecule has 0 amide bonds. The normalized spacial score (nSPS) is 15.9. The minimum atomic E-state index is -0.877. The summed E-state index contributed by atoms with van der Waals surface area (Å²) < 4.78 is 2.09. The van der Waals surface area contributed by atoms with Crippen LogP contribution in [0.4, 0.5) is 0 Å². The van der Waals surface area contributed by atoms with E-state index in [2.05, 4.69) is 43.7 Å². The van der Waals surface area contributed by atoms with Gasteiger partial charge in [0.15, 0.2) is 0 Å². The number of carboxylic acids is 1. The maximum Gasteiger partial charge on any atom is 0.335 e. The lowest BCUT2D eigenvalue weighted by Gasteiger charge is -2.37. The summed E-state index contributed by atoms with van der Waals surface area (Å²) in [6, 6.07) is 15.9. The Hall–Kier alpha value is -2.88. The van der Waals surface area contributed by atoms with E-state index in [1.165, 1.54) is 0 Å². The molecule has 2 aromatic carbocycles. The van der Waals surface area contributed by atoms with Crippen LogP contribution in [0.2, 0.25) is 0 Å². The van der Waals surface area contributed by atoms with Gasteiger partial charge < -0.3 is 5.11 Å². The number of hydrogen-bond donors (Lipinski definition) is 1. The predicted molar refractivity (Wildman–Crippen MR) is 107 cm³/mol. The first-order valence-corrected chi connectivity index (χ1v) is 9.27. The van der Waals surface area contributed by atoms with Crippen LogP contribution in [-0.2, 0) is 6.54 Å². The molecule has 0 saturated carbocycles. The molecule has 0 saturated heterocycles. The van der Waals surface area contributed by atoms with Crippen molar-refractivity contribution in [3.05, 3.63) is 65.2 Å². The van der Waals surface area contributed by atoms with Crippen LogP contribution in [0.1, 0.15) is 48.2 Å². The van der Waals surface area contributed by atoms with Gasteiger partial charge in [-0.25, -0.2) is 4.79 Å². The zero-order chi connectivity index (χ0) is 19.3. The molecule has 0 bridgehead atoms. The van der Waals surface area contributed by atoms with Crippen molar-refractivity contribution in [1.29, 1.82) is 0 Å². The molecular weight excluding hydrogens is 336 g/mol. The van der Waals surface area contributed by atoms with Gasteiger partial charge in [0, 0.05) is 23.6 Å². The monoisotopic (exact) mass is 360 g/mol. The Morgan fingerprint density at radius 1 is 1.15 bits per heavy atom. The predicted octanol–water partition coefficient (Wildman–Crippen LogP) is 5.37. The van der Waals surface area contributed by atoms with Gasteiger partial charge in [-0.2, -0.15) is 5.10 Å². The van der Waals surface area contributed by atoms with E-state index in [1.54, 1.807) is 6.07 Å². The molecule has 4 heteroatoms. The van der Waals surface area contributed by atoms with Crippen molar-refractivity contribution < 1.29 is 9.90 Å². The molecule has 3 aromatic rings. The number of aryl methyl sites for hydroxylation is 1. The third-order valence-corrected chi connectivity index (χ3v) is 5.49. The summed E-state index contributed by atoms with van der Waals surface area (Å²) in [5.74, 6) is -0.681. The Balaban J connectivity index is 1.95. The Morgan fingerprint density at radius 2 is 1.85 bits per heavy atom. The van der Waals surface area contributed by atoms with Crippen LogP contribution in [0.5, 0.6) is 0 Å². The second-order valence-electron chi connectivity index (χ2n) is 8.44. The van der Waals surface area contributed by atoms with E-state index in [4.69, 9.17) is 5.10 Å². The lowest BCUT2D eigenvalue weighted by atomic mass is 9.72. The van der Waals surface area contributed by atoms with Crippen molar-refractivity contribution in [1.82, 2.24) is 9.78 Å². The van der Waals surface area contributed by atoms with Gasteiger partial charge in [-0.1, -0.05) is 51.1 Å². The third kappa shape index (κ3) is 2.95. The van der Waals surface area contributed by atoms with E-state index in [9.17, 15) is 9.90 Å². The number of carboxylic acid groups (broad SMARTS) is 1. The fourth-order valence-corrected chi connectivity index (χ4v) is 4.08. The molecule has 0 fully saturated rings. The van der Waals surface area contributed by atoms with Gasteiger partial charge in [-0.05, 0) is 41.7 Å². The number of aromatic carboxylic acids is 1. The molecule has 1 N–H and O–H groups in total. The van der Waals surface area contributed by atoms with Crippen molar-refractivity contribution >= 4 is 5.97 Å². The number of fused-ring (bicyclic) bond motifs is 3. The zero-order valence-corrected chi connectivity index (χ0v) is 16.2. The van der Waals surface area contributed by atoms with Gasteiger partial charge in [0.25, 0.3) is 0 Å². The highest BCUT2D eigenvalue weighted by molar-refractivity contribution is 5.90. The number of hydrogen-bond acceptors (Lipinski definition) is 2. The number of nitrogens with zero attached hydrogens (tertiary/aromatic N) is 2. The van der Waals surface area contributed by atoms with E-state index in [0.29, 0.717) is 5.56 Å². The average Bonchev–Trinajstić information content (AvgIpc) is 3.04. The lowest BCUT2D eigenvalue weighted by molar-refractivity contribution is 0.0696. The first kappa shape index (κ1) is 17.5. The summed E-state index contributed by atoms with van der Waals surface area (Å²) >= 11 is 0. The highest BCUT2D eigenvalue weighted by atomic mass is 16.4. The van der Waals surface area contributed by atoms with Crippen LogP contribution in [-0.4, -0.2) is 20.9 Å². The van der Waals surface area contributed by atoms with Crippen molar-refractivity contribution in [2.45, 2.75) is 40.2 Å². The summed E-state index contributed by atoms with van der Waals surface area (Å²) in [4.78, 5) is 11.6. The quantitative estimate of drug-likeness (QED) is 0.669. The largest absolute Gasteiger partial charge is 0.478 e. The highest BCUT2D eigenvalue weighted by Gasteiger charge is 2.35. The average molecular weight is 360 g/mol. The van der Waals surface area contributed by atoms with Gasteiger partial charge in [-0.3, -0.25) is 4.68 Å². The van der Waals surface area contributed by atoms with E-state index >= 15 is 0 Å². The van der Waals surface area contributed by atoms with E-state index in [-0.39, 0.29) is 11.3 Å². The summed E-state index contributed by atoms with van der Waals surface area (Å²) in [6.45, 7) is 9.36. The molecule has 0 aliphatic carbocycles. The topological polar surface area (TPSA) is 55.1 Å². The van der Waals surface area contributed by atoms with Crippen LogP contribution in [0, 0.1) is 12.3 Å². The maximum absolute atomic E-state index is 11.6. The molecule has 138 valence electrons.